The van der Waals surface area contributed by atoms with Gasteiger partial charge in [-0.1, -0.05) is 23.7 Å². The van der Waals surface area contributed by atoms with Crippen molar-refractivity contribution < 1.29 is 14.0 Å². The van der Waals surface area contributed by atoms with Crippen LogP contribution >= 0.6 is 35.6 Å². The Morgan fingerprint density at radius 1 is 0.944 bits per heavy atom. The Bertz CT molecular complexity index is 1230. The number of piperazine rings is 1. The fraction of sp³-hybridized carbons (Fsp3) is 0.192. The van der Waals surface area contributed by atoms with E-state index < -0.39 is 5.82 Å². The zero-order valence-corrected chi connectivity index (χ0v) is 21.6. The number of nitrogens with one attached hydrogen (secondary N) is 2. The summed E-state index contributed by atoms with van der Waals surface area (Å²) in [6, 6.07) is 21.0. The van der Waals surface area contributed by atoms with E-state index in [2.05, 4.69) is 15.5 Å². The number of benzene rings is 3. The van der Waals surface area contributed by atoms with Crippen molar-refractivity contribution in [3.63, 3.8) is 0 Å². The first-order chi connectivity index (χ1) is 17.4. The van der Waals surface area contributed by atoms with Crippen LogP contribution in [0.4, 0.5) is 15.8 Å². The van der Waals surface area contributed by atoms with Crippen molar-refractivity contribution in [3.8, 4) is 0 Å². The van der Waals surface area contributed by atoms with E-state index in [1.165, 1.54) is 23.9 Å². The third-order valence-electron chi connectivity index (χ3n) is 5.60. The van der Waals surface area contributed by atoms with Crippen molar-refractivity contribution in [2.75, 3.05) is 42.1 Å². The molecule has 1 aliphatic heterocycles. The highest BCUT2D eigenvalue weighted by molar-refractivity contribution is 8.00. The number of hydrogen-bond donors (Lipinski definition) is 2. The molecule has 1 saturated heterocycles. The third-order valence-corrected chi connectivity index (χ3v) is 7.07. The molecular weight excluding hydrogens is 519 g/mol. The number of halogens is 2. The van der Waals surface area contributed by atoms with Crippen molar-refractivity contribution >= 4 is 63.9 Å². The highest BCUT2D eigenvalue weighted by atomic mass is 35.5. The van der Waals surface area contributed by atoms with Gasteiger partial charge in [-0.3, -0.25) is 9.59 Å². The number of rotatable bonds is 6. The number of thioether (sulfide) groups is 1. The maximum atomic E-state index is 14.0. The quantitative estimate of drug-likeness (QED) is 0.336. The van der Waals surface area contributed by atoms with Crippen molar-refractivity contribution in [2.24, 2.45) is 0 Å². The average molecular weight is 543 g/mol. The van der Waals surface area contributed by atoms with E-state index >= 15 is 0 Å². The second-order valence-corrected chi connectivity index (χ2v) is 9.94. The van der Waals surface area contributed by atoms with Crippen molar-refractivity contribution in [3.05, 3.63) is 89.2 Å². The minimum Gasteiger partial charge on any atom is -0.368 e. The van der Waals surface area contributed by atoms with Gasteiger partial charge in [0.05, 0.1) is 11.3 Å². The van der Waals surface area contributed by atoms with E-state index in [1.54, 1.807) is 29.2 Å². The molecule has 0 atom stereocenters. The first kappa shape index (κ1) is 25.9. The van der Waals surface area contributed by atoms with Gasteiger partial charge in [0.25, 0.3) is 5.91 Å². The van der Waals surface area contributed by atoms with Gasteiger partial charge < -0.3 is 20.4 Å². The lowest BCUT2D eigenvalue weighted by Gasteiger charge is -2.36. The molecule has 0 saturated carbocycles. The number of amides is 2. The molecule has 3 aromatic carbocycles. The first-order valence-corrected chi connectivity index (χ1v) is 13.0. The summed E-state index contributed by atoms with van der Waals surface area (Å²) in [5.74, 6) is -0.753. The van der Waals surface area contributed by atoms with Crippen LogP contribution in [-0.2, 0) is 4.79 Å². The molecule has 4 rings (SSSR count). The van der Waals surface area contributed by atoms with E-state index in [9.17, 15) is 14.0 Å². The number of thiocarbonyl (C=S) groups is 1. The van der Waals surface area contributed by atoms with Crippen LogP contribution in [0.2, 0.25) is 5.02 Å². The van der Waals surface area contributed by atoms with Gasteiger partial charge in [-0.2, -0.15) is 0 Å². The Kier molecular flexibility index (Phi) is 8.79. The second-order valence-electron chi connectivity index (χ2n) is 8.05. The molecule has 2 N–H and O–H groups in total. The summed E-state index contributed by atoms with van der Waals surface area (Å²) in [6.45, 7) is 2.31. The molecular formula is C26H24ClFN4O2S2. The Morgan fingerprint density at radius 2 is 1.61 bits per heavy atom. The minimum absolute atomic E-state index is 0.105. The monoisotopic (exact) mass is 542 g/mol. The lowest BCUT2D eigenvalue weighted by atomic mass is 10.1. The van der Waals surface area contributed by atoms with Crippen LogP contribution in [0.1, 0.15) is 10.4 Å². The Labute approximate surface area is 223 Å². The number of hydrogen-bond acceptors (Lipinski definition) is 5. The molecule has 0 radical (unpaired) electrons. The van der Waals surface area contributed by atoms with Crippen LogP contribution in [0.5, 0.6) is 0 Å². The zero-order valence-electron chi connectivity index (χ0n) is 19.2. The van der Waals surface area contributed by atoms with Crippen LogP contribution in [0.3, 0.4) is 0 Å². The molecule has 1 aliphatic rings. The second kappa shape index (κ2) is 12.2. The van der Waals surface area contributed by atoms with Gasteiger partial charge in [0.2, 0.25) is 5.91 Å². The lowest BCUT2D eigenvalue weighted by molar-refractivity contribution is -0.117. The minimum atomic E-state index is -0.498. The molecule has 0 bridgehead atoms. The highest BCUT2D eigenvalue weighted by Gasteiger charge is 2.24. The molecule has 0 unspecified atom stereocenters. The van der Waals surface area contributed by atoms with E-state index in [1.807, 2.05) is 36.4 Å². The molecule has 1 heterocycles. The fourth-order valence-corrected chi connectivity index (χ4v) is 4.79. The largest absolute Gasteiger partial charge is 0.368 e. The van der Waals surface area contributed by atoms with Crippen LogP contribution < -0.4 is 15.5 Å². The van der Waals surface area contributed by atoms with Crippen LogP contribution in [0.15, 0.2) is 77.7 Å². The van der Waals surface area contributed by atoms with Gasteiger partial charge in [-0.15, -0.1) is 11.8 Å². The van der Waals surface area contributed by atoms with E-state index in [0.717, 1.165) is 16.3 Å². The number of nitrogens with zero attached hydrogens (tertiary/aromatic N) is 2. The SMILES string of the molecule is O=C(CSc1ccc(Cl)cc1)NC(=S)Nc1ccc(N2CCN(C(=O)c3ccccc3F)CC2)cc1. The number of carbonyl (C=O) groups excluding carboxylic acids is 2. The summed E-state index contributed by atoms with van der Waals surface area (Å²) in [7, 11) is 0. The summed E-state index contributed by atoms with van der Waals surface area (Å²) in [5, 5.41) is 6.58. The molecule has 186 valence electrons. The Balaban J connectivity index is 1.22. The maximum absolute atomic E-state index is 14.0. The maximum Gasteiger partial charge on any atom is 0.256 e. The average Bonchev–Trinajstić information content (AvgIpc) is 2.89. The van der Waals surface area contributed by atoms with Gasteiger partial charge in [0.15, 0.2) is 5.11 Å². The van der Waals surface area contributed by atoms with Gasteiger partial charge in [-0.25, -0.2) is 4.39 Å². The Morgan fingerprint density at radius 3 is 2.28 bits per heavy atom. The van der Waals surface area contributed by atoms with Crippen LogP contribution in [-0.4, -0.2) is 53.8 Å². The molecule has 3 aromatic rings. The smallest absolute Gasteiger partial charge is 0.256 e. The van der Waals surface area contributed by atoms with Gasteiger partial charge in [0, 0.05) is 47.5 Å². The van der Waals surface area contributed by atoms with Crippen molar-refractivity contribution in [2.45, 2.75) is 4.90 Å². The van der Waals surface area contributed by atoms with E-state index in [0.29, 0.717) is 31.2 Å². The summed E-state index contributed by atoms with van der Waals surface area (Å²) >= 11 is 12.5. The molecule has 0 spiro atoms. The Hall–Kier alpha value is -3.14. The van der Waals surface area contributed by atoms with Gasteiger partial charge >= 0.3 is 0 Å². The van der Waals surface area contributed by atoms with E-state index in [-0.39, 0.29) is 28.2 Å². The summed E-state index contributed by atoms with van der Waals surface area (Å²) in [5.41, 5.74) is 1.86. The molecule has 2 amide bonds. The fourth-order valence-electron chi connectivity index (χ4n) is 3.73. The van der Waals surface area contributed by atoms with Crippen LogP contribution in [0.25, 0.3) is 0 Å². The van der Waals surface area contributed by atoms with E-state index in [4.69, 9.17) is 23.8 Å². The molecule has 6 nitrogen and oxygen atoms in total. The van der Waals surface area contributed by atoms with Crippen molar-refractivity contribution in [1.29, 1.82) is 0 Å². The predicted octanol–water partition coefficient (Wildman–Crippen LogP) is 5.05. The molecule has 0 aliphatic carbocycles. The summed E-state index contributed by atoms with van der Waals surface area (Å²) in [6.07, 6.45) is 0. The van der Waals surface area contributed by atoms with Crippen LogP contribution in [0, 0.1) is 5.82 Å². The normalized spacial score (nSPS) is 13.3. The molecule has 1 fully saturated rings. The third kappa shape index (κ3) is 6.96. The molecule has 10 heteroatoms. The highest BCUT2D eigenvalue weighted by Crippen LogP contribution is 2.22. The zero-order chi connectivity index (χ0) is 25.5. The lowest BCUT2D eigenvalue weighted by Crippen LogP contribution is -2.49. The summed E-state index contributed by atoms with van der Waals surface area (Å²) in [4.78, 5) is 29.6. The van der Waals surface area contributed by atoms with Crippen molar-refractivity contribution in [1.82, 2.24) is 10.2 Å². The van der Waals surface area contributed by atoms with Gasteiger partial charge in [0.1, 0.15) is 5.82 Å². The number of anilines is 2. The standard InChI is InChI=1S/C26H24ClFN4O2S2/c27-18-5-11-21(12-6-18)36-17-24(33)30-26(35)29-19-7-9-20(10-8-19)31-13-15-32(16-14-31)25(34)22-3-1-2-4-23(22)28/h1-12H,13-17H2,(H2,29,30,33,35). The molecule has 0 aromatic heterocycles. The predicted molar refractivity (Wildman–Crippen MR) is 147 cm³/mol. The van der Waals surface area contributed by atoms with Gasteiger partial charge in [-0.05, 0) is 72.9 Å². The topological polar surface area (TPSA) is 64.7 Å². The first-order valence-electron chi connectivity index (χ1n) is 11.3. The molecule has 36 heavy (non-hydrogen) atoms. The summed E-state index contributed by atoms with van der Waals surface area (Å²) < 4.78 is 14.0. The number of carbonyl (C=O) groups is 2.